The zero-order chi connectivity index (χ0) is 29.7. The smallest absolute Gasteiger partial charge is 0.345 e. The molecule has 0 aliphatic carbocycles. The number of hydrogen-bond acceptors (Lipinski definition) is 12. The Morgan fingerprint density at radius 1 is 0.775 bits per heavy atom. The van der Waals surface area contributed by atoms with Crippen LogP contribution in [0.5, 0.6) is 0 Å². The molecule has 0 aromatic heterocycles. The fourth-order valence-corrected chi connectivity index (χ4v) is 3.37. The number of esters is 3. The Bertz CT molecular complexity index is 1240. The number of benzene rings is 2. The summed E-state index contributed by atoms with van der Waals surface area (Å²) >= 11 is 0.740. The van der Waals surface area contributed by atoms with Crippen LogP contribution in [-0.2, 0) is 28.0 Å². The highest BCUT2D eigenvalue weighted by Gasteiger charge is 2.17. The van der Waals surface area contributed by atoms with E-state index in [2.05, 4.69) is 18.3 Å². The van der Waals surface area contributed by atoms with E-state index in [1.54, 1.807) is 36.4 Å². The quantitative estimate of drug-likeness (QED) is 0.108. The molecule has 0 saturated carbocycles. The number of ether oxygens (including phenoxy) is 3. The van der Waals surface area contributed by atoms with Crippen molar-refractivity contribution in [1.29, 1.82) is 0 Å². The summed E-state index contributed by atoms with van der Waals surface area (Å²) < 4.78 is 19.9. The molecule has 212 valence electrons. The summed E-state index contributed by atoms with van der Waals surface area (Å²) in [5, 5.41) is 12.7. The van der Waals surface area contributed by atoms with Crippen LogP contribution in [-0.4, -0.2) is 66.7 Å². The molecular weight excluding hydrogens is 542 g/mol. The van der Waals surface area contributed by atoms with Crippen LogP contribution >= 0.6 is 12.0 Å². The lowest BCUT2D eigenvalue weighted by Crippen LogP contribution is -2.24. The first-order valence-corrected chi connectivity index (χ1v) is 12.8. The molecule has 2 atom stereocenters. The standard InChI is InChI=1S/C28H29NO10S/c1-17(2)25(31)36-13-23(29-35)14-37-27(33)21-9-5-19(6-10-21)20-7-11-22(12-8-20)28(34)38-15-24(30)16-40-39-26(32)18(3)4/h5-12,23-24,30H,1,3,13-16H2,2,4H3. The maximum atomic E-state index is 12.3. The third-order valence-electron chi connectivity index (χ3n) is 5.04. The third-order valence-corrected chi connectivity index (χ3v) is 5.83. The maximum absolute atomic E-state index is 12.3. The van der Waals surface area contributed by atoms with Crippen molar-refractivity contribution in [2.24, 2.45) is 5.18 Å². The van der Waals surface area contributed by atoms with Gasteiger partial charge in [-0.15, -0.1) is 0 Å². The minimum Gasteiger partial charge on any atom is -0.460 e. The van der Waals surface area contributed by atoms with Gasteiger partial charge < -0.3 is 23.5 Å². The molecule has 0 spiro atoms. The normalized spacial score (nSPS) is 11.9. The van der Waals surface area contributed by atoms with Crippen molar-refractivity contribution < 1.29 is 42.7 Å². The summed E-state index contributed by atoms with van der Waals surface area (Å²) in [5.41, 5.74) is 2.42. The molecule has 40 heavy (non-hydrogen) atoms. The van der Waals surface area contributed by atoms with E-state index in [4.69, 9.17) is 18.4 Å². The maximum Gasteiger partial charge on any atom is 0.345 e. The second-order valence-corrected chi connectivity index (χ2v) is 9.31. The third kappa shape index (κ3) is 10.5. The average Bonchev–Trinajstić information content (AvgIpc) is 2.95. The average molecular weight is 572 g/mol. The molecule has 0 radical (unpaired) electrons. The Hall–Kier alpha value is -4.29. The van der Waals surface area contributed by atoms with Crippen molar-refractivity contribution in [1.82, 2.24) is 0 Å². The van der Waals surface area contributed by atoms with Crippen molar-refractivity contribution in [3.63, 3.8) is 0 Å². The van der Waals surface area contributed by atoms with Gasteiger partial charge in [0.15, 0.2) is 6.04 Å². The second kappa shape index (κ2) is 16.0. The molecule has 0 saturated heterocycles. The summed E-state index contributed by atoms with van der Waals surface area (Å²) in [5.74, 6) is -2.56. The highest BCUT2D eigenvalue weighted by molar-refractivity contribution is 7.95. The Kier molecular flexibility index (Phi) is 12.7. The summed E-state index contributed by atoms with van der Waals surface area (Å²) in [6.45, 7) is 8.87. The van der Waals surface area contributed by atoms with Crippen molar-refractivity contribution in [3.8, 4) is 11.1 Å². The minimum absolute atomic E-state index is 0.0220. The number of aliphatic hydroxyl groups excluding tert-OH is 1. The van der Waals surface area contributed by atoms with Gasteiger partial charge in [-0.25, -0.2) is 19.2 Å². The molecule has 0 heterocycles. The zero-order valence-electron chi connectivity index (χ0n) is 22.0. The molecule has 0 aliphatic rings. The first kappa shape index (κ1) is 31.9. The van der Waals surface area contributed by atoms with E-state index < -0.39 is 36.0 Å². The SMILES string of the molecule is C=C(C)C(=O)OCC(COC(=O)c1ccc(-c2ccc(C(=O)OCC(O)CSOC(=O)C(=C)C)cc2)cc1)N=O. The summed E-state index contributed by atoms with van der Waals surface area (Å²) in [4.78, 5) is 58.3. The molecule has 0 bridgehead atoms. The van der Waals surface area contributed by atoms with Crippen LogP contribution in [0.4, 0.5) is 0 Å². The number of rotatable bonds is 15. The predicted octanol–water partition coefficient (Wildman–Crippen LogP) is 4.05. The molecule has 2 unspecified atom stereocenters. The van der Waals surface area contributed by atoms with Crippen molar-refractivity contribution in [3.05, 3.63) is 88.9 Å². The predicted molar refractivity (Wildman–Crippen MR) is 147 cm³/mol. The summed E-state index contributed by atoms with van der Waals surface area (Å²) in [7, 11) is 0. The van der Waals surface area contributed by atoms with Gasteiger partial charge in [0.05, 0.1) is 28.9 Å². The van der Waals surface area contributed by atoms with Crippen LogP contribution in [0.3, 0.4) is 0 Å². The topological polar surface area (TPSA) is 155 Å². The number of nitrogens with zero attached hydrogens (tertiary/aromatic N) is 1. The number of carbonyl (C=O) groups is 4. The van der Waals surface area contributed by atoms with Crippen LogP contribution in [0, 0.1) is 4.91 Å². The van der Waals surface area contributed by atoms with Crippen LogP contribution in [0.1, 0.15) is 34.6 Å². The highest BCUT2D eigenvalue weighted by Crippen LogP contribution is 2.21. The molecule has 11 nitrogen and oxygen atoms in total. The van der Waals surface area contributed by atoms with Gasteiger partial charge in [0.1, 0.15) is 25.9 Å². The Balaban J connectivity index is 1.84. The first-order chi connectivity index (χ1) is 19.0. The van der Waals surface area contributed by atoms with E-state index >= 15 is 0 Å². The molecule has 0 fully saturated rings. The number of carbonyl (C=O) groups excluding carboxylic acids is 4. The van der Waals surface area contributed by atoms with Crippen LogP contribution in [0.15, 0.2) is 78.0 Å². The summed E-state index contributed by atoms with van der Waals surface area (Å²) in [6.07, 6.45) is -1.03. The van der Waals surface area contributed by atoms with Gasteiger partial charge in [-0.3, -0.25) is 0 Å². The van der Waals surface area contributed by atoms with E-state index in [1.165, 1.54) is 26.0 Å². The lowest BCUT2D eigenvalue weighted by atomic mass is 10.0. The molecule has 12 heteroatoms. The van der Waals surface area contributed by atoms with E-state index in [0.717, 1.165) is 23.2 Å². The molecule has 1 N–H and O–H groups in total. The van der Waals surface area contributed by atoms with Crippen LogP contribution < -0.4 is 0 Å². The molecule has 0 amide bonds. The second-order valence-electron chi connectivity index (χ2n) is 8.58. The minimum atomic E-state index is -1.05. The van der Waals surface area contributed by atoms with Crippen molar-refractivity contribution in [2.45, 2.75) is 26.0 Å². The van der Waals surface area contributed by atoms with Gasteiger partial charge in [0, 0.05) is 11.1 Å². The van der Waals surface area contributed by atoms with Gasteiger partial charge in [-0.05, 0) is 49.2 Å². The van der Waals surface area contributed by atoms with Gasteiger partial charge in [-0.1, -0.05) is 42.6 Å². The van der Waals surface area contributed by atoms with E-state index in [1.807, 2.05) is 0 Å². The van der Waals surface area contributed by atoms with Crippen molar-refractivity contribution in [2.75, 3.05) is 25.6 Å². The number of hydrogen-bond donors (Lipinski definition) is 1. The van der Waals surface area contributed by atoms with Gasteiger partial charge in [0.2, 0.25) is 0 Å². The molecular formula is C28H29NO10S. The Morgan fingerprint density at radius 3 is 1.68 bits per heavy atom. The largest absolute Gasteiger partial charge is 0.460 e. The number of nitroso groups, excluding NO2 is 1. The van der Waals surface area contributed by atoms with Gasteiger partial charge in [0.25, 0.3) is 0 Å². The van der Waals surface area contributed by atoms with E-state index in [-0.39, 0.29) is 47.8 Å². The van der Waals surface area contributed by atoms with Crippen molar-refractivity contribution >= 4 is 35.9 Å². The van der Waals surface area contributed by atoms with E-state index in [9.17, 15) is 29.2 Å². The Labute approximate surface area is 235 Å². The first-order valence-electron chi connectivity index (χ1n) is 11.9. The lowest BCUT2D eigenvalue weighted by molar-refractivity contribution is -0.139. The fourth-order valence-electron chi connectivity index (χ4n) is 2.80. The summed E-state index contributed by atoms with van der Waals surface area (Å²) in [6, 6.07) is 11.9. The lowest BCUT2D eigenvalue weighted by Gasteiger charge is -2.11. The van der Waals surface area contributed by atoms with Crippen LogP contribution in [0.25, 0.3) is 11.1 Å². The highest BCUT2D eigenvalue weighted by atomic mass is 32.2. The zero-order valence-corrected chi connectivity index (χ0v) is 22.8. The number of aliphatic hydroxyl groups is 1. The molecule has 0 aliphatic heterocycles. The fraction of sp³-hybridized carbons (Fsp3) is 0.286. The van der Waals surface area contributed by atoms with E-state index in [0.29, 0.717) is 0 Å². The molecule has 2 aromatic rings. The monoisotopic (exact) mass is 571 g/mol. The molecule has 2 aromatic carbocycles. The van der Waals surface area contributed by atoms with Crippen LogP contribution in [0.2, 0.25) is 0 Å². The van der Waals surface area contributed by atoms with Gasteiger partial charge >= 0.3 is 23.9 Å². The Morgan fingerprint density at radius 2 is 1.23 bits per heavy atom. The van der Waals surface area contributed by atoms with Gasteiger partial charge in [-0.2, -0.15) is 4.91 Å². The molecule has 2 rings (SSSR count).